The van der Waals surface area contributed by atoms with E-state index in [0.717, 1.165) is 30.4 Å². The number of rotatable bonds is 8. The van der Waals surface area contributed by atoms with E-state index in [1.54, 1.807) is 31.8 Å². The van der Waals surface area contributed by atoms with Crippen LogP contribution in [0.2, 0.25) is 0 Å². The summed E-state index contributed by atoms with van der Waals surface area (Å²) in [5.41, 5.74) is 3.19. The molecule has 3 aromatic rings. The number of para-hydroxylation sites is 3. The monoisotopic (exact) mass is 450 g/mol. The summed E-state index contributed by atoms with van der Waals surface area (Å²) in [5.74, 6) is 1.73. The first-order valence-electron chi connectivity index (χ1n) is 10.6. The molecule has 0 radical (unpaired) electrons. The van der Waals surface area contributed by atoms with Gasteiger partial charge in [0.2, 0.25) is 0 Å². The lowest BCUT2D eigenvalue weighted by molar-refractivity contribution is 0.102. The molecule has 0 atom stereocenters. The number of nitrogens with zero attached hydrogens (tertiary/aromatic N) is 1. The average molecular weight is 451 g/mol. The van der Waals surface area contributed by atoms with Gasteiger partial charge in [-0.15, -0.1) is 11.3 Å². The highest BCUT2D eigenvalue weighted by atomic mass is 32.1. The number of nitrogens with one attached hydrogen (secondary N) is 1. The molecular formula is C25H26N2O4S. The van der Waals surface area contributed by atoms with Gasteiger partial charge >= 0.3 is 0 Å². The molecule has 1 aliphatic carbocycles. The molecular weight excluding hydrogens is 424 g/mol. The van der Waals surface area contributed by atoms with E-state index >= 15 is 0 Å². The molecule has 0 spiro atoms. The molecule has 0 fully saturated rings. The molecule has 0 unspecified atom stereocenters. The Morgan fingerprint density at radius 3 is 2.69 bits per heavy atom. The molecule has 1 N–H and O–H groups in total. The third kappa shape index (κ3) is 4.34. The summed E-state index contributed by atoms with van der Waals surface area (Å²) < 4.78 is 16.5. The summed E-state index contributed by atoms with van der Waals surface area (Å²) in [7, 11) is 3.20. The number of thiophene rings is 1. The van der Waals surface area contributed by atoms with Gasteiger partial charge in [-0.2, -0.15) is 0 Å². The predicted octanol–water partition coefficient (Wildman–Crippen LogP) is 5.66. The standard InChI is InChI=1S/C25H26N2O4S/c1-4-31-19-12-6-5-11-18(19)27-24(28)22-17-10-8-14-21(17)32-25(22)26-15-16-9-7-13-20(29-2)23(16)30-3/h5-7,9,11-13,15H,4,8,10,14H2,1-3H3,(H,27,28). The topological polar surface area (TPSA) is 69.2 Å². The van der Waals surface area contributed by atoms with Gasteiger partial charge < -0.3 is 19.5 Å². The van der Waals surface area contributed by atoms with Gasteiger partial charge in [0, 0.05) is 16.7 Å². The molecule has 0 bridgehead atoms. The highest BCUT2D eigenvalue weighted by Crippen LogP contribution is 2.42. The van der Waals surface area contributed by atoms with Crippen LogP contribution in [0.4, 0.5) is 10.7 Å². The third-order valence-electron chi connectivity index (χ3n) is 5.32. The number of ether oxygens (including phenoxy) is 3. The average Bonchev–Trinajstić information content (AvgIpc) is 3.39. The van der Waals surface area contributed by atoms with Crippen LogP contribution in [0.1, 0.15) is 39.7 Å². The maximum atomic E-state index is 13.4. The van der Waals surface area contributed by atoms with Crippen LogP contribution in [-0.2, 0) is 12.8 Å². The first kappa shape index (κ1) is 21.9. The number of carbonyl (C=O) groups excluding carboxylic acids is 1. The van der Waals surface area contributed by atoms with E-state index in [4.69, 9.17) is 19.2 Å². The fourth-order valence-electron chi connectivity index (χ4n) is 3.89. The molecule has 6 nitrogen and oxygen atoms in total. The van der Waals surface area contributed by atoms with Crippen molar-refractivity contribution in [3.05, 3.63) is 64.0 Å². The Morgan fingerprint density at radius 2 is 1.91 bits per heavy atom. The van der Waals surface area contributed by atoms with E-state index in [2.05, 4.69) is 5.32 Å². The molecule has 32 heavy (non-hydrogen) atoms. The zero-order valence-electron chi connectivity index (χ0n) is 18.4. The van der Waals surface area contributed by atoms with E-state index in [0.29, 0.717) is 40.1 Å². The lowest BCUT2D eigenvalue weighted by Crippen LogP contribution is -2.14. The Morgan fingerprint density at radius 1 is 1.09 bits per heavy atom. The van der Waals surface area contributed by atoms with Crippen LogP contribution in [0.3, 0.4) is 0 Å². The van der Waals surface area contributed by atoms with E-state index < -0.39 is 0 Å². The number of anilines is 1. The Balaban J connectivity index is 1.68. The minimum absolute atomic E-state index is 0.165. The second-order valence-electron chi connectivity index (χ2n) is 7.26. The SMILES string of the molecule is CCOc1ccccc1NC(=O)c1c(N=Cc2cccc(OC)c2OC)sc2c1CCC2. The number of aryl methyl sites for hydroxylation is 1. The van der Waals surface area contributed by atoms with E-state index in [1.807, 2.05) is 49.4 Å². The normalized spacial score (nSPS) is 12.6. The quantitative estimate of drug-likeness (QED) is 0.450. The fourth-order valence-corrected chi connectivity index (χ4v) is 5.12. The van der Waals surface area contributed by atoms with Gasteiger partial charge in [0.1, 0.15) is 10.8 Å². The van der Waals surface area contributed by atoms with Gasteiger partial charge in [0.05, 0.1) is 32.1 Å². The van der Waals surface area contributed by atoms with E-state index in [9.17, 15) is 4.79 Å². The van der Waals surface area contributed by atoms with Crippen molar-refractivity contribution < 1.29 is 19.0 Å². The Labute approximate surface area is 191 Å². The molecule has 4 rings (SSSR count). The number of benzene rings is 2. The predicted molar refractivity (Wildman–Crippen MR) is 129 cm³/mol. The highest BCUT2D eigenvalue weighted by molar-refractivity contribution is 7.16. The van der Waals surface area contributed by atoms with Crippen LogP contribution in [0.5, 0.6) is 17.2 Å². The van der Waals surface area contributed by atoms with Gasteiger partial charge in [0.15, 0.2) is 11.5 Å². The fraction of sp³-hybridized carbons (Fsp3) is 0.280. The lowest BCUT2D eigenvalue weighted by atomic mass is 10.1. The van der Waals surface area contributed by atoms with Crippen molar-refractivity contribution in [2.75, 3.05) is 26.1 Å². The van der Waals surface area contributed by atoms with Crippen LogP contribution in [0.15, 0.2) is 47.5 Å². The molecule has 7 heteroatoms. The summed E-state index contributed by atoms with van der Waals surface area (Å²) in [5, 5.41) is 3.73. The van der Waals surface area contributed by atoms with Crippen LogP contribution in [-0.4, -0.2) is 32.9 Å². The molecule has 1 aliphatic rings. The second-order valence-corrected chi connectivity index (χ2v) is 8.35. The number of amides is 1. The Bertz CT molecular complexity index is 1150. The molecule has 2 aromatic carbocycles. The number of hydrogen-bond donors (Lipinski definition) is 1. The lowest BCUT2D eigenvalue weighted by Gasteiger charge is -2.12. The summed E-state index contributed by atoms with van der Waals surface area (Å²) in [6.45, 7) is 2.45. The highest BCUT2D eigenvalue weighted by Gasteiger charge is 2.27. The molecule has 166 valence electrons. The first-order valence-corrected chi connectivity index (χ1v) is 11.4. The number of fused-ring (bicyclic) bond motifs is 1. The molecule has 1 heterocycles. The van der Waals surface area contributed by atoms with Gasteiger partial charge in [0.25, 0.3) is 5.91 Å². The smallest absolute Gasteiger partial charge is 0.259 e. The maximum Gasteiger partial charge on any atom is 0.259 e. The van der Waals surface area contributed by atoms with Crippen molar-refractivity contribution in [2.24, 2.45) is 4.99 Å². The van der Waals surface area contributed by atoms with Crippen LogP contribution in [0, 0.1) is 0 Å². The Kier molecular flexibility index (Phi) is 6.75. The summed E-state index contributed by atoms with van der Waals surface area (Å²) in [6, 6.07) is 13.1. The first-order chi connectivity index (χ1) is 15.7. The van der Waals surface area contributed by atoms with Crippen molar-refractivity contribution >= 4 is 34.1 Å². The molecule has 1 amide bonds. The third-order valence-corrected chi connectivity index (χ3v) is 6.52. The van der Waals surface area contributed by atoms with Crippen LogP contribution < -0.4 is 19.5 Å². The number of aliphatic imine (C=N–C) groups is 1. The molecule has 0 aliphatic heterocycles. The molecule has 0 saturated carbocycles. The molecule has 1 aromatic heterocycles. The van der Waals surface area contributed by atoms with Crippen molar-refractivity contribution in [1.29, 1.82) is 0 Å². The van der Waals surface area contributed by atoms with E-state index in [-0.39, 0.29) is 5.91 Å². The largest absolute Gasteiger partial charge is 0.493 e. The zero-order valence-corrected chi connectivity index (χ0v) is 19.3. The number of hydrogen-bond acceptors (Lipinski definition) is 6. The zero-order chi connectivity index (χ0) is 22.5. The van der Waals surface area contributed by atoms with E-state index in [1.165, 1.54) is 4.88 Å². The molecule has 0 saturated heterocycles. The maximum absolute atomic E-state index is 13.4. The number of methoxy groups -OCH3 is 2. The van der Waals surface area contributed by atoms with Crippen molar-refractivity contribution in [2.45, 2.75) is 26.2 Å². The summed E-state index contributed by atoms with van der Waals surface area (Å²) in [4.78, 5) is 19.3. The van der Waals surface area contributed by atoms with Gasteiger partial charge in [-0.25, -0.2) is 4.99 Å². The van der Waals surface area contributed by atoms with Crippen LogP contribution in [0.25, 0.3) is 0 Å². The second kappa shape index (κ2) is 9.87. The minimum atomic E-state index is -0.165. The van der Waals surface area contributed by atoms with Crippen LogP contribution >= 0.6 is 11.3 Å². The van der Waals surface area contributed by atoms with Gasteiger partial charge in [-0.3, -0.25) is 4.79 Å². The van der Waals surface area contributed by atoms with Gasteiger partial charge in [-0.1, -0.05) is 18.2 Å². The Hall–Kier alpha value is -3.32. The van der Waals surface area contributed by atoms with Gasteiger partial charge in [-0.05, 0) is 56.0 Å². The summed E-state index contributed by atoms with van der Waals surface area (Å²) in [6.07, 6.45) is 4.66. The van der Waals surface area contributed by atoms with Crippen molar-refractivity contribution in [3.63, 3.8) is 0 Å². The van der Waals surface area contributed by atoms with Crippen molar-refractivity contribution in [3.8, 4) is 17.2 Å². The minimum Gasteiger partial charge on any atom is -0.493 e. The summed E-state index contributed by atoms with van der Waals surface area (Å²) >= 11 is 1.58. The van der Waals surface area contributed by atoms with Crippen molar-refractivity contribution in [1.82, 2.24) is 0 Å². The number of carbonyl (C=O) groups is 1.